The quantitative estimate of drug-likeness (QED) is 0.640. The maximum atomic E-state index is 10.5. The number of carbonyl (C=O) groups excluding carboxylic acids is 1. The van der Waals surface area contributed by atoms with E-state index < -0.39 is 11.9 Å². The van der Waals surface area contributed by atoms with Gasteiger partial charge in [-0.25, -0.2) is 0 Å². The standard InChI is InChI=1S/C7H8N2O3/c1-4(7(11)12)6-5(3-10)2-8-9-6/h2-4H,1H3,(H,8,9)(H,11,12). The number of carboxylic acid groups (broad SMARTS) is 1. The molecule has 5 nitrogen and oxygen atoms in total. The Bertz CT molecular complexity index is 305. The molecule has 64 valence electrons. The summed E-state index contributed by atoms with van der Waals surface area (Å²) in [5, 5.41) is 14.7. The van der Waals surface area contributed by atoms with Gasteiger partial charge in [-0.2, -0.15) is 5.10 Å². The van der Waals surface area contributed by atoms with Crippen molar-refractivity contribution >= 4 is 12.3 Å². The number of nitrogens with one attached hydrogen (secondary N) is 1. The Labute approximate surface area is 68.4 Å². The van der Waals surface area contributed by atoms with Crippen LogP contribution >= 0.6 is 0 Å². The minimum Gasteiger partial charge on any atom is -0.481 e. The average Bonchev–Trinajstić information content (AvgIpc) is 2.49. The molecular weight excluding hydrogens is 160 g/mol. The molecule has 1 aromatic heterocycles. The van der Waals surface area contributed by atoms with Crippen LogP contribution in [0.5, 0.6) is 0 Å². The number of carboxylic acids is 1. The third-order valence-electron chi connectivity index (χ3n) is 1.63. The van der Waals surface area contributed by atoms with E-state index in [1.165, 1.54) is 13.1 Å². The number of H-pyrrole nitrogens is 1. The molecule has 2 N–H and O–H groups in total. The molecule has 0 amide bonds. The predicted molar refractivity (Wildman–Crippen MR) is 40.0 cm³/mol. The van der Waals surface area contributed by atoms with Gasteiger partial charge < -0.3 is 5.11 Å². The van der Waals surface area contributed by atoms with Crippen molar-refractivity contribution in [1.82, 2.24) is 10.2 Å². The van der Waals surface area contributed by atoms with Crippen LogP contribution in [0.2, 0.25) is 0 Å². The van der Waals surface area contributed by atoms with Crippen LogP contribution in [0.15, 0.2) is 6.20 Å². The molecule has 0 radical (unpaired) electrons. The lowest BCUT2D eigenvalue weighted by atomic mass is 10.1. The molecule has 0 aliphatic rings. The Morgan fingerprint density at radius 1 is 1.83 bits per heavy atom. The van der Waals surface area contributed by atoms with Gasteiger partial charge in [-0.3, -0.25) is 14.7 Å². The number of hydrogen-bond donors (Lipinski definition) is 2. The molecule has 0 aliphatic heterocycles. The van der Waals surface area contributed by atoms with Gasteiger partial charge in [0, 0.05) is 0 Å². The van der Waals surface area contributed by atoms with E-state index in [0.717, 1.165) is 0 Å². The van der Waals surface area contributed by atoms with Gasteiger partial charge in [0.2, 0.25) is 0 Å². The van der Waals surface area contributed by atoms with Gasteiger partial charge in [0.25, 0.3) is 0 Å². The molecule has 12 heavy (non-hydrogen) atoms. The fourth-order valence-electron chi connectivity index (χ4n) is 0.870. The molecule has 0 fully saturated rings. The fraction of sp³-hybridized carbons (Fsp3) is 0.286. The van der Waals surface area contributed by atoms with Crippen LogP contribution in [-0.4, -0.2) is 27.6 Å². The van der Waals surface area contributed by atoms with Crippen LogP contribution in [-0.2, 0) is 4.79 Å². The van der Waals surface area contributed by atoms with Gasteiger partial charge >= 0.3 is 5.97 Å². The van der Waals surface area contributed by atoms with E-state index in [2.05, 4.69) is 10.2 Å². The second kappa shape index (κ2) is 3.17. The average molecular weight is 168 g/mol. The van der Waals surface area contributed by atoms with Crippen LogP contribution < -0.4 is 0 Å². The van der Waals surface area contributed by atoms with Crippen LogP contribution in [0.1, 0.15) is 28.9 Å². The number of carbonyl (C=O) groups is 2. The first-order valence-electron chi connectivity index (χ1n) is 3.38. The number of hydrogen-bond acceptors (Lipinski definition) is 3. The second-order valence-corrected chi connectivity index (χ2v) is 2.42. The summed E-state index contributed by atoms with van der Waals surface area (Å²) in [6, 6.07) is 0. The van der Waals surface area contributed by atoms with E-state index in [1.807, 2.05) is 0 Å². The van der Waals surface area contributed by atoms with E-state index in [1.54, 1.807) is 0 Å². The summed E-state index contributed by atoms with van der Waals surface area (Å²) in [6.45, 7) is 1.49. The highest BCUT2D eigenvalue weighted by Gasteiger charge is 2.18. The summed E-state index contributed by atoms with van der Waals surface area (Å²) >= 11 is 0. The Hall–Kier alpha value is -1.65. The first kappa shape index (κ1) is 8.45. The van der Waals surface area contributed by atoms with Gasteiger partial charge in [0.05, 0.1) is 23.4 Å². The number of rotatable bonds is 3. The molecule has 0 saturated heterocycles. The maximum absolute atomic E-state index is 10.5. The lowest BCUT2D eigenvalue weighted by Crippen LogP contribution is -2.09. The molecule has 0 saturated carbocycles. The summed E-state index contributed by atoms with van der Waals surface area (Å²) in [4.78, 5) is 20.9. The third-order valence-corrected chi connectivity index (χ3v) is 1.63. The molecular formula is C7H8N2O3. The molecule has 1 heterocycles. The first-order chi connectivity index (χ1) is 5.66. The van der Waals surface area contributed by atoms with Crippen molar-refractivity contribution in [2.45, 2.75) is 12.8 Å². The van der Waals surface area contributed by atoms with Gasteiger partial charge in [0.15, 0.2) is 6.29 Å². The third kappa shape index (κ3) is 1.34. The van der Waals surface area contributed by atoms with Crippen LogP contribution in [0, 0.1) is 0 Å². The van der Waals surface area contributed by atoms with Crippen molar-refractivity contribution in [2.75, 3.05) is 0 Å². The molecule has 0 bridgehead atoms. The molecule has 1 atom stereocenters. The smallest absolute Gasteiger partial charge is 0.312 e. The summed E-state index contributed by atoms with van der Waals surface area (Å²) in [5.74, 6) is -1.71. The van der Waals surface area contributed by atoms with Crippen molar-refractivity contribution < 1.29 is 14.7 Å². The Kier molecular flexibility index (Phi) is 2.23. The molecule has 0 spiro atoms. The van der Waals surface area contributed by atoms with E-state index in [4.69, 9.17) is 5.11 Å². The highest BCUT2D eigenvalue weighted by molar-refractivity contribution is 5.82. The van der Waals surface area contributed by atoms with Gasteiger partial charge in [-0.15, -0.1) is 0 Å². The number of aromatic amines is 1. The van der Waals surface area contributed by atoms with E-state index in [0.29, 0.717) is 17.5 Å². The van der Waals surface area contributed by atoms with E-state index in [9.17, 15) is 9.59 Å². The number of aliphatic carboxylic acids is 1. The minimum atomic E-state index is -0.984. The highest BCUT2D eigenvalue weighted by Crippen LogP contribution is 2.15. The fourth-order valence-corrected chi connectivity index (χ4v) is 0.870. The van der Waals surface area contributed by atoms with E-state index >= 15 is 0 Å². The van der Waals surface area contributed by atoms with Crippen molar-refractivity contribution in [3.05, 3.63) is 17.5 Å². The maximum Gasteiger partial charge on any atom is 0.312 e. The topological polar surface area (TPSA) is 83.0 Å². The molecule has 1 unspecified atom stereocenters. The van der Waals surface area contributed by atoms with Crippen LogP contribution in [0.4, 0.5) is 0 Å². The second-order valence-electron chi connectivity index (χ2n) is 2.42. The lowest BCUT2D eigenvalue weighted by molar-refractivity contribution is -0.138. The van der Waals surface area contributed by atoms with Gasteiger partial charge in [-0.05, 0) is 6.92 Å². The van der Waals surface area contributed by atoms with Gasteiger partial charge in [0.1, 0.15) is 0 Å². The van der Waals surface area contributed by atoms with Crippen molar-refractivity contribution in [2.24, 2.45) is 0 Å². The summed E-state index contributed by atoms with van der Waals surface area (Å²) in [7, 11) is 0. The SMILES string of the molecule is CC(C(=O)O)c1[nH]ncc1C=O. The predicted octanol–water partition coefficient (Wildman–Crippen LogP) is 0.410. The monoisotopic (exact) mass is 168 g/mol. The molecule has 1 rings (SSSR count). The summed E-state index contributed by atoms with van der Waals surface area (Å²) in [5.41, 5.74) is 0.641. The minimum absolute atomic E-state index is 0.296. The first-order valence-corrected chi connectivity index (χ1v) is 3.38. The van der Waals surface area contributed by atoms with Gasteiger partial charge in [-0.1, -0.05) is 0 Å². The number of aldehydes is 1. The summed E-state index contributed by atoms with van der Waals surface area (Å²) < 4.78 is 0. The molecule has 1 aromatic rings. The van der Waals surface area contributed by atoms with Crippen molar-refractivity contribution in [3.63, 3.8) is 0 Å². The van der Waals surface area contributed by atoms with Crippen LogP contribution in [0.3, 0.4) is 0 Å². The van der Waals surface area contributed by atoms with Crippen molar-refractivity contribution in [3.8, 4) is 0 Å². The molecule has 0 aromatic carbocycles. The van der Waals surface area contributed by atoms with Crippen molar-refractivity contribution in [1.29, 1.82) is 0 Å². The lowest BCUT2D eigenvalue weighted by Gasteiger charge is -2.02. The van der Waals surface area contributed by atoms with E-state index in [-0.39, 0.29) is 0 Å². The number of aromatic nitrogens is 2. The summed E-state index contributed by atoms with van der Waals surface area (Å²) in [6.07, 6.45) is 1.89. The Balaban J connectivity index is 3.01. The molecule has 0 aliphatic carbocycles. The largest absolute Gasteiger partial charge is 0.481 e. The zero-order valence-corrected chi connectivity index (χ0v) is 6.44. The molecule has 5 heteroatoms. The normalized spacial score (nSPS) is 12.4. The Morgan fingerprint density at radius 3 is 3.00 bits per heavy atom. The van der Waals surface area contributed by atoms with Crippen LogP contribution in [0.25, 0.3) is 0 Å². The highest BCUT2D eigenvalue weighted by atomic mass is 16.4. The number of nitrogens with zero attached hydrogens (tertiary/aromatic N) is 1. The Morgan fingerprint density at radius 2 is 2.50 bits per heavy atom. The zero-order chi connectivity index (χ0) is 9.14. The zero-order valence-electron chi connectivity index (χ0n) is 6.44.